The molecule has 1 aliphatic heterocycles. The van der Waals surface area contributed by atoms with Gasteiger partial charge in [0.15, 0.2) is 11.6 Å². The van der Waals surface area contributed by atoms with Gasteiger partial charge in [-0.2, -0.15) is 5.26 Å². The van der Waals surface area contributed by atoms with Crippen molar-refractivity contribution in [1.29, 1.82) is 5.26 Å². The number of anilines is 1. The fourth-order valence-electron chi connectivity index (χ4n) is 3.00. The smallest absolute Gasteiger partial charge is 0.294 e. The Labute approximate surface area is 152 Å². The number of ether oxygens (including phenoxy) is 1. The normalized spacial score (nSPS) is 14.7. The van der Waals surface area contributed by atoms with Crippen molar-refractivity contribution in [3.63, 3.8) is 0 Å². The molecular weight excluding hydrogens is 363 g/mol. The first-order chi connectivity index (χ1) is 12.9. The molecule has 0 unspecified atom stereocenters. The van der Waals surface area contributed by atoms with Crippen molar-refractivity contribution in [2.24, 2.45) is 0 Å². The highest BCUT2D eigenvalue weighted by molar-refractivity contribution is 5.66. The van der Waals surface area contributed by atoms with Crippen LogP contribution in [-0.2, 0) is 0 Å². The van der Waals surface area contributed by atoms with Crippen LogP contribution in [0.25, 0.3) is 0 Å². The van der Waals surface area contributed by atoms with E-state index in [0.717, 1.165) is 24.3 Å². The van der Waals surface area contributed by atoms with Crippen LogP contribution in [0.15, 0.2) is 30.3 Å². The summed E-state index contributed by atoms with van der Waals surface area (Å²) in [5.41, 5.74) is -0.657. The number of benzene rings is 2. The molecule has 140 valence electrons. The number of hydrogen-bond donors (Lipinski definition) is 0. The van der Waals surface area contributed by atoms with E-state index >= 15 is 0 Å². The number of nitro benzene ring substituents is 1. The number of nitrogens with zero attached hydrogens (tertiary/aromatic N) is 3. The van der Waals surface area contributed by atoms with Crippen LogP contribution in [0.2, 0.25) is 0 Å². The number of rotatable bonds is 4. The summed E-state index contributed by atoms with van der Waals surface area (Å²) in [6.07, 6.45) is 0.467. The molecule has 0 spiro atoms. The molecule has 0 atom stereocenters. The highest BCUT2D eigenvalue weighted by Crippen LogP contribution is 2.33. The Kier molecular flexibility index (Phi) is 5.16. The molecule has 0 saturated carbocycles. The van der Waals surface area contributed by atoms with Crippen molar-refractivity contribution in [1.82, 2.24) is 0 Å². The SMILES string of the molecule is N#Cc1cc([N+](=O)[O-])c(N2CCC(Oc3ccc(F)cc3F)CC2)cc1F. The minimum atomic E-state index is -0.829. The van der Waals surface area contributed by atoms with E-state index in [9.17, 15) is 23.3 Å². The summed E-state index contributed by atoms with van der Waals surface area (Å²) in [7, 11) is 0. The van der Waals surface area contributed by atoms with Gasteiger partial charge in [-0.05, 0) is 12.1 Å². The molecule has 2 aromatic carbocycles. The highest BCUT2D eigenvalue weighted by Gasteiger charge is 2.28. The van der Waals surface area contributed by atoms with Gasteiger partial charge in [-0.3, -0.25) is 10.1 Å². The van der Waals surface area contributed by atoms with Crippen molar-refractivity contribution in [2.45, 2.75) is 18.9 Å². The largest absolute Gasteiger partial charge is 0.487 e. The summed E-state index contributed by atoms with van der Waals surface area (Å²) in [6.45, 7) is 0.638. The molecule has 0 amide bonds. The molecule has 0 bridgehead atoms. The van der Waals surface area contributed by atoms with Gasteiger partial charge in [-0.15, -0.1) is 0 Å². The molecule has 2 aromatic rings. The third kappa shape index (κ3) is 3.95. The van der Waals surface area contributed by atoms with Gasteiger partial charge in [-0.1, -0.05) is 0 Å². The Bertz CT molecular complexity index is 922. The van der Waals surface area contributed by atoms with Crippen LogP contribution < -0.4 is 9.64 Å². The lowest BCUT2D eigenvalue weighted by Gasteiger charge is -2.33. The molecule has 27 heavy (non-hydrogen) atoms. The predicted octanol–water partition coefficient (Wildman–Crippen LogP) is 3.93. The summed E-state index contributed by atoms with van der Waals surface area (Å²) >= 11 is 0. The second-order valence-corrected chi connectivity index (χ2v) is 6.07. The van der Waals surface area contributed by atoms with E-state index in [1.807, 2.05) is 0 Å². The average Bonchev–Trinajstić information content (AvgIpc) is 2.64. The Morgan fingerprint density at radius 3 is 2.44 bits per heavy atom. The van der Waals surface area contributed by atoms with Crippen molar-refractivity contribution in [3.8, 4) is 11.8 Å². The summed E-state index contributed by atoms with van der Waals surface area (Å²) in [5, 5.41) is 20.1. The Morgan fingerprint density at radius 2 is 1.85 bits per heavy atom. The van der Waals surface area contributed by atoms with Crippen LogP contribution in [0.3, 0.4) is 0 Å². The van der Waals surface area contributed by atoms with Gasteiger partial charge in [0.05, 0.1) is 10.5 Å². The van der Waals surface area contributed by atoms with Crippen molar-refractivity contribution < 1.29 is 22.8 Å². The molecular formula is C18H14F3N3O3. The zero-order chi connectivity index (χ0) is 19.6. The van der Waals surface area contributed by atoms with Crippen LogP contribution in [-0.4, -0.2) is 24.1 Å². The Balaban J connectivity index is 1.73. The molecule has 1 fully saturated rings. The topological polar surface area (TPSA) is 79.4 Å². The first kappa shape index (κ1) is 18.5. The van der Waals surface area contributed by atoms with Gasteiger partial charge in [0, 0.05) is 44.1 Å². The first-order valence-electron chi connectivity index (χ1n) is 8.13. The van der Waals surface area contributed by atoms with Crippen molar-refractivity contribution >= 4 is 11.4 Å². The van der Waals surface area contributed by atoms with Gasteiger partial charge in [0.1, 0.15) is 29.5 Å². The summed E-state index contributed by atoms with van der Waals surface area (Å²) in [4.78, 5) is 12.2. The minimum absolute atomic E-state index is 0.0646. The van der Waals surface area contributed by atoms with Gasteiger partial charge in [-0.25, -0.2) is 13.2 Å². The molecule has 9 heteroatoms. The summed E-state index contributed by atoms with van der Waals surface area (Å²) in [5.74, 6) is -2.40. The maximum Gasteiger partial charge on any atom is 0.294 e. The van der Waals surface area contributed by atoms with E-state index in [1.54, 1.807) is 11.0 Å². The third-order valence-electron chi connectivity index (χ3n) is 4.35. The van der Waals surface area contributed by atoms with Gasteiger partial charge >= 0.3 is 0 Å². The van der Waals surface area contributed by atoms with Crippen LogP contribution in [0.1, 0.15) is 18.4 Å². The molecule has 6 nitrogen and oxygen atoms in total. The van der Waals surface area contributed by atoms with E-state index in [2.05, 4.69) is 0 Å². The van der Waals surface area contributed by atoms with E-state index in [1.165, 1.54) is 6.07 Å². The monoisotopic (exact) mass is 377 g/mol. The maximum absolute atomic E-state index is 13.9. The molecule has 1 saturated heterocycles. The third-order valence-corrected chi connectivity index (χ3v) is 4.35. The Morgan fingerprint density at radius 1 is 1.15 bits per heavy atom. The maximum atomic E-state index is 13.9. The number of nitro groups is 1. The lowest BCUT2D eigenvalue weighted by Crippen LogP contribution is -2.38. The Hall–Kier alpha value is -3.28. The molecule has 0 aliphatic carbocycles. The van der Waals surface area contributed by atoms with Crippen molar-refractivity contribution in [2.75, 3.05) is 18.0 Å². The lowest BCUT2D eigenvalue weighted by atomic mass is 10.1. The number of nitriles is 1. The molecule has 0 N–H and O–H groups in total. The fraction of sp³-hybridized carbons (Fsp3) is 0.278. The van der Waals surface area contributed by atoms with E-state index in [4.69, 9.17) is 10.00 Å². The molecule has 0 aromatic heterocycles. The van der Waals surface area contributed by atoms with Gasteiger partial charge < -0.3 is 9.64 Å². The summed E-state index contributed by atoms with van der Waals surface area (Å²) < 4.78 is 46.1. The minimum Gasteiger partial charge on any atom is -0.487 e. The predicted molar refractivity (Wildman–Crippen MR) is 90.0 cm³/mol. The number of hydrogen-bond acceptors (Lipinski definition) is 5. The van der Waals surface area contributed by atoms with Gasteiger partial charge in [0.2, 0.25) is 0 Å². The zero-order valence-corrected chi connectivity index (χ0v) is 14.0. The highest BCUT2D eigenvalue weighted by atomic mass is 19.1. The van der Waals surface area contributed by atoms with Crippen LogP contribution in [0.5, 0.6) is 5.75 Å². The summed E-state index contributed by atoms with van der Waals surface area (Å²) in [6, 6.07) is 6.51. The second-order valence-electron chi connectivity index (χ2n) is 6.07. The van der Waals surface area contributed by atoms with E-state index in [-0.39, 0.29) is 23.2 Å². The van der Waals surface area contributed by atoms with Crippen LogP contribution >= 0.6 is 0 Å². The van der Waals surface area contributed by atoms with E-state index < -0.39 is 27.9 Å². The molecule has 0 radical (unpaired) electrons. The first-order valence-corrected chi connectivity index (χ1v) is 8.13. The zero-order valence-electron chi connectivity index (χ0n) is 14.0. The number of halogens is 3. The standard InChI is InChI=1S/C18H14F3N3O3/c19-12-1-2-18(15(21)8-12)27-13-3-5-23(6-4-13)16-9-14(20)11(10-22)7-17(16)24(25)26/h1-2,7-9,13H,3-6H2. The quantitative estimate of drug-likeness (QED) is 0.596. The van der Waals surface area contributed by atoms with E-state index in [0.29, 0.717) is 25.9 Å². The fourth-order valence-corrected chi connectivity index (χ4v) is 3.00. The molecule has 1 heterocycles. The average molecular weight is 377 g/mol. The molecule has 1 aliphatic rings. The molecule has 3 rings (SSSR count). The van der Waals surface area contributed by atoms with Crippen LogP contribution in [0, 0.1) is 38.9 Å². The van der Waals surface area contributed by atoms with Crippen LogP contribution in [0.4, 0.5) is 24.5 Å². The van der Waals surface area contributed by atoms with Crippen molar-refractivity contribution in [3.05, 3.63) is 63.5 Å². The lowest BCUT2D eigenvalue weighted by molar-refractivity contribution is -0.384. The van der Waals surface area contributed by atoms with Gasteiger partial charge in [0.25, 0.3) is 5.69 Å². The number of piperidine rings is 1. The second kappa shape index (κ2) is 7.53.